The number of hydrogen-bond donors (Lipinski definition) is 0. The Morgan fingerprint density at radius 3 is 1.96 bits per heavy atom. The summed E-state index contributed by atoms with van der Waals surface area (Å²) >= 11 is 0. The van der Waals surface area contributed by atoms with Crippen molar-refractivity contribution in [3.8, 4) is 0 Å². The van der Waals surface area contributed by atoms with E-state index in [1.807, 2.05) is 30.3 Å². The van der Waals surface area contributed by atoms with Gasteiger partial charge in [0.2, 0.25) is 0 Å². The molecular weight excluding hydrogens is 338 g/mol. The van der Waals surface area contributed by atoms with E-state index < -0.39 is 0 Å². The molecule has 130 valence electrons. The van der Waals surface area contributed by atoms with Crippen LogP contribution in [-0.2, 0) is 0 Å². The molecule has 0 bridgehead atoms. The summed E-state index contributed by atoms with van der Waals surface area (Å²) in [5, 5.41) is 1.99. The number of hydrogen-bond acceptors (Lipinski definition) is 5. The number of amides is 1. The maximum absolute atomic E-state index is 12.3. The van der Waals surface area contributed by atoms with Gasteiger partial charge in [-0.3, -0.25) is 14.8 Å². The van der Waals surface area contributed by atoms with E-state index in [1.54, 1.807) is 43.5 Å². The number of aromatic nitrogens is 4. The minimum absolute atomic E-state index is 0.0676. The van der Waals surface area contributed by atoms with Crippen molar-refractivity contribution in [1.29, 1.82) is 0 Å². The summed E-state index contributed by atoms with van der Waals surface area (Å²) in [4.78, 5) is 32.6. The lowest BCUT2D eigenvalue weighted by molar-refractivity contribution is 0.0827. The zero-order valence-electron chi connectivity index (χ0n) is 14.8. The van der Waals surface area contributed by atoms with E-state index in [0.29, 0.717) is 16.6 Å². The minimum Gasteiger partial charge on any atom is -0.345 e. The number of benzene rings is 2. The van der Waals surface area contributed by atoms with Crippen molar-refractivity contribution in [2.75, 3.05) is 14.1 Å². The highest BCUT2D eigenvalue weighted by Gasteiger charge is 2.15. The quantitative estimate of drug-likeness (QED) is 0.340. The summed E-state index contributed by atoms with van der Waals surface area (Å²) < 4.78 is 0. The Labute approximate surface area is 154 Å². The molecule has 1 amide bonds. The van der Waals surface area contributed by atoms with Crippen molar-refractivity contribution < 1.29 is 4.79 Å². The second-order valence-electron chi connectivity index (χ2n) is 6.62. The zero-order chi connectivity index (χ0) is 18.5. The van der Waals surface area contributed by atoms with Crippen LogP contribution in [0.4, 0.5) is 0 Å². The monoisotopic (exact) mass is 353 g/mol. The van der Waals surface area contributed by atoms with Gasteiger partial charge in [-0.2, -0.15) is 0 Å². The molecule has 27 heavy (non-hydrogen) atoms. The zero-order valence-corrected chi connectivity index (χ0v) is 14.8. The molecule has 5 aromatic rings. The van der Waals surface area contributed by atoms with Gasteiger partial charge in [0.05, 0.1) is 22.1 Å². The number of carbonyl (C=O) groups is 1. The molecule has 3 heterocycles. The third kappa shape index (κ3) is 2.30. The lowest BCUT2D eigenvalue weighted by atomic mass is 10.1. The van der Waals surface area contributed by atoms with Crippen LogP contribution in [0.3, 0.4) is 0 Å². The Kier molecular flexibility index (Phi) is 3.27. The van der Waals surface area contributed by atoms with Crippen LogP contribution in [0.5, 0.6) is 0 Å². The van der Waals surface area contributed by atoms with Crippen molar-refractivity contribution in [1.82, 2.24) is 24.8 Å². The first kappa shape index (κ1) is 15.6. The second kappa shape index (κ2) is 5.67. The van der Waals surface area contributed by atoms with E-state index in [9.17, 15) is 4.79 Å². The average molecular weight is 353 g/mol. The fraction of sp³-hybridized carbons (Fsp3) is 0.0952. The van der Waals surface area contributed by atoms with Crippen molar-refractivity contribution in [2.45, 2.75) is 0 Å². The maximum Gasteiger partial charge on any atom is 0.253 e. The topological polar surface area (TPSA) is 71.9 Å². The molecule has 0 aliphatic heterocycles. The van der Waals surface area contributed by atoms with Gasteiger partial charge in [-0.1, -0.05) is 12.1 Å². The van der Waals surface area contributed by atoms with Crippen molar-refractivity contribution in [3.05, 3.63) is 60.4 Å². The molecule has 0 atom stereocenters. The molecule has 6 heteroatoms. The normalized spacial score (nSPS) is 11.5. The predicted octanol–water partition coefficient (Wildman–Crippen LogP) is 3.58. The van der Waals surface area contributed by atoms with E-state index in [2.05, 4.69) is 9.97 Å². The third-order valence-corrected chi connectivity index (χ3v) is 4.67. The highest BCUT2D eigenvalue weighted by molar-refractivity contribution is 6.21. The Morgan fingerprint density at radius 2 is 1.37 bits per heavy atom. The van der Waals surface area contributed by atoms with Crippen LogP contribution in [-0.4, -0.2) is 44.8 Å². The molecule has 6 nitrogen and oxygen atoms in total. The van der Waals surface area contributed by atoms with Crippen LogP contribution < -0.4 is 0 Å². The Bertz CT molecular complexity index is 1380. The lowest BCUT2D eigenvalue weighted by Gasteiger charge is -2.11. The summed E-state index contributed by atoms with van der Waals surface area (Å²) in [5.41, 5.74) is 4.96. The number of nitrogens with zero attached hydrogens (tertiary/aromatic N) is 5. The van der Waals surface area contributed by atoms with Crippen molar-refractivity contribution >= 4 is 49.8 Å². The molecule has 2 aromatic carbocycles. The lowest BCUT2D eigenvalue weighted by Crippen LogP contribution is -2.21. The number of fused-ring (bicyclic) bond motifs is 7. The third-order valence-electron chi connectivity index (χ3n) is 4.67. The largest absolute Gasteiger partial charge is 0.345 e. The molecule has 0 radical (unpaired) electrons. The van der Waals surface area contributed by atoms with Gasteiger partial charge in [0.1, 0.15) is 11.0 Å². The van der Waals surface area contributed by atoms with Crippen LogP contribution >= 0.6 is 0 Å². The van der Waals surface area contributed by atoms with Crippen molar-refractivity contribution in [2.24, 2.45) is 0 Å². The number of carbonyl (C=O) groups excluding carboxylic acids is 1. The van der Waals surface area contributed by atoms with Gasteiger partial charge in [0.15, 0.2) is 0 Å². The van der Waals surface area contributed by atoms with Gasteiger partial charge in [0, 0.05) is 42.8 Å². The molecule has 0 saturated carbocycles. The van der Waals surface area contributed by atoms with E-state index in [0.717, 1.165) is 32.8 Å². The van der Waals surface area contributed by atoms with Gasteiger partial charge in [-0.25, -0.2) is 9.97 Å². The SMILES string of the molecule is CN(C)C(=O)c1ccc2nc3c4ncccc4c4cccnc4c3nc2c1. The molecule has 5 rings (SSSR count). The van der Waals surface area contributed by atoms with Crippen LogP contribution in [0.2, 0.25) is 0 Å². The molecule has 0 aliphatic carbocycles. The van der Waals surface area contributed by atoms with Crippen molar-refractivity contribution in [3.63, 3.8) is 0 Å². The second-order valence-corrected chi connectivity index (χ2v) is 6.62. The first-order valence-corrected chi connectivity index (χ1v) is 8.58. The standard InChI is InChI=1S/C21H15N5O/c1-26(2)21(27)12-7-8-15-16(11-12)25-20-18-14(6-4-10-23-18)13-5-3-9-22-17(13)19(20)24-15/h3-11H,1-2H3. The van der Waals surface area contributed by atoms with Crippen LogP contribution in [0.15, 0.2) is 54.9 Å². The van der Waals surface area contributed by atoms with Gasteiger partial charge in [-0.15, -0.1) is 0 Å². The smallest absolute Gasteiger partial charge is 0.253 e. The van der Waals surface area contributed by atoms with Crippen LogP contribution in [0, 0.1) is 0 Å². The van der Waals surface area contributed by atoms with Gasteiger partial charge in [0.25, 0.3) is 5.91 Å². The van der Waals surface area contributed by atoms with Gasteiger partial charge >= 0.3 is 0 Å². The highest BCUT2D eigenvalue weighted by atomic mass is 16.2. The predicted molar refractivity (Wildman–Crippen MR) is 106 cm³/mol. The number of pyridine rings is 2. The first-order chi connectivity index (χ1) is 13.1. The Morgan fingerprint density at radius 1 is 0.778 bits per heavy atom. The summed E-state index contributed by atoms with van der Waals surface area (Å²) in [7, 11) is 3.46. The fourth-order valence-electron chi connectivity index (χ4n) is 3.40. The molecule has 0 fully saturated rings. The van der Waals surface area contributed by atoms with Crippen LogP contribution in [0.25, 0.3) is 43.9 Å². The first-order valence-electron chi connectivity index (χ1n) is 8.58. The Hall–Kier alpha value is -3.67. The highest BCUT2D eigenvalue weighted by Crippen LogP contribution is 2.31. The molecule has 0 spiro atoms. The summed E-state index contributed by atoms with van der Waals surface area (Å²) in [5.74, 6) is -0.0676. The van der Waals surface area contributed by atoms with E-state index in [-0.39, 0.29) is 5.91 Å². The molecule has 0 aliphatic rings. The molecule has 0 unspecified atom stereocenters. The summed E-state index contributed by atoms with van der Waals surface area (Å²) in [6, 6.07) is 13.2. The van der Waals surface area contributed by atoms with Gasteiger partial charge in [-0.05, 0) is 30.3 Å². The summed E-state index contributed by atoms with van der Waals surface area (Å²) in [6.45, 7) is 0. The molecule has 3 aromatic heterocycles. The fourth-order valence-corrected chi connectivity index (χ4v) is 3.40. The van der Waals surface area contributed by atoms with Crippen LogP contribution in [0.1, 0.15) is 10.4 Å². The molecular formula is C21H15N5O. The Balaban J connectivity index is 1.94. The minimum atomic E-state index is -0.0676. The molecule has 0 N–H and O–H groups in total. The van der Waals surface area contributed by atoms with E-state index in [4.69, 9.17) is 9.97 Å². The van der Waals surface area contributed by atoms with E-state index in [1.165, 1.54) is 0 Å². The average Bonchev–Trinajstić information content (AvgIpc) is 2.71. The number of rotatable bonds is 1. The summed E-state index contributed by atoms with van der Waals surface area (Å²) in [6.07, 6.45) is 3.51. The maximum atomic E-state index is 12.3. The van der Waals surface area contributed by atoms with Gasteiger partial charge < -0.3 is 4.90 Å². The molecule has 0 saturated heterocycles. The van der Waals surface area contributed by atoms with E-state index >= 15 is 0 Å².